The van der Waals surface area contributed by atoms with Gasteiger partial charge in [-0.25, -0.2) is 15.0 Å². The van der Waals surface area contributed by atoms with Crippen LogP contribution >= 0.6 is 0 Å². The Balaban J connectivity index is 1.01. The molecule has 0 saturated carbocycles. The lowest BCUT2D eigenvalue weighted by atomic mass is 9.86. The van der Waals surface area contributed by atoms with Crippen LogP contribution < -0.4 is 0 Å². The largest absolute Gasteiger partial charge is 0.456 e. The molecule has 0 radical (unpaired) electrons. The summed E-state index contributed by atoms with van der Waals surface area (Å²) in [4.78, 5) is 15.3. The van der Waals surface area contributed by atoms with Gasteiger partial charge in [-0.2, -0.15) is 0 Å². The molecule has 2 aliphatic carbocycles. The Morgan fingerprint density at radius 3 is 2.11 bits per heavy atom. The van der Waals surface area contributed by atoms with Gasteiger partial charge in [0.1, 0.15) is 22.3 Å². The maximum Gasteiger partial charge on any atom is 0.167 e. The van der Waals surface area contributed by atoms with Crippen molar-refractivity contribution in [1.29, 1.82) is 0 Å². The first-order valence-corrected chi connectivity index (χ1v) is 19.5. The molecule has 57 heavy (non-hydrogen) atoms. The van der Waals surface area contributed by atoms with Crippen LogP contribution in [0.25, 0.3) is 94.5 Å². The second-order valence-corrected chi connectivity index (χ2v) is 14.9. The van der Waals surface area contributed by atoms with E-state index in [0.29, 0.717) is 17.5 Å². The van der Waals surface area contributed by atoms with E-state index in [0.717, 1.165) is 73.4 Å². The number of rotatable bonds is 5. The van der Waals surface area contributed by atoms with E-state index in [1.165, 1.54) is 38.9 Å². The minimum absolute atomic E-state index is 0.0663. The lowest BCUT2D eigenvalue weighted by Crippen LogP contribution is -2.03. The van der Waals surface area contributed by atoms with Crippen molar-refractivity contribution < 1.29 is 8.83 Å². The molecule has 0 aliphatic heterocycles. The van der Waals surface area contributed by atoms with Crippen molar-refractivity contribution >= 4 is 49.5 Å². The smallest absolute Gasteiger partial charge is 0.167 e. The van der Waals surface area contributed by atoms with Crippen LogP contribution in [0.3, 0.4) is 0 Å². The number of benzene rings is 7. The molecule has 0 amide bonds. The molecule has 0 fully saturated rings. The molecule has 12 rings (SSSR count). The highest BCUT2D eigenvalue weighted by atomic mass is 16.3. The first-order chi connectivity index (χ1) is 28.2. The summed E-state index contributed by atoms with van der Waals surface area (Å²) < 4.78 is 13.2. The lowest BCUT2D eigenvalue weighted by molar-refractivity contribution is 0.668. The molecule has 5 heteroatoms. The van der Waals surface area contributed by atoms with Gasteiger partial charge in [-0.3, -0.25) is 0 Å². The quantitative estimate of drug-likeness (QED) is 0.176. The van der Waals surface area contributed by atoms with Gasteiger partial charge in [0.15, 0.2) is 17.5 Å². The average Bonchev–Trinajstić information content (AvgIpc) is 3.96. The van der Waals surface area contributed by atoms with Gasteiger partial charge in [0.25, 0.3) is 0 Å². The predicted molar refractivity (Wildman–Crippen MR) is 230 cm³/mol. The number of para-hydroxylation sites is 2. The Morgan fingerprint density at radius 2 is 1.18 bits per heavy atom. The third-order valence-electron chi connectivity index (χ3n) is 11.7. The molecule has 1 atom stereocenters. The third kappa shape index (κ3) is 5.05. The Kier molecular flexibility index (Phi) is 7.05. The van der Waals surface area contributed by atoms with Crippen molar-refractivity contribution in [2.24, 2.45) is 0 Å². The van der Waals surface area contributed by atoms with Crippen molar-refractivity contribution in [3.8, 4) is 45.0 Å². The summed E-state index contributed by atoms with van der Waals surface area (Å²) in [5.74, 6) is 1.86. The van der Waals surface area contributed by atoms with Crippen molar-refractivity contribution in [3.63, 3.8) is 0 Å². The molecule has 0 N–H and O–H groups in total. The fourth-order valence-corrected chi connectivity index (χ4v) is 9.04. The summed E-state index contributed by atoms with van der Waals surface area (Å²) in [6.07, 6.45) is 8.44. The normalized spacial score (nSPS) is 14.7. The second kappa shape index (κ2) is 12.6. The highest BCUT2D eigenvalue weighted by Crippen LogP contribution is 2.51. The zero-order valence-electron chi connectivity index (χ0n) is 30.8. The SMILES string of the molecule is C1=CC(c2nc(-c3ccc4c(c3)oc3cccc(C5c6ccccc6-c6cc(-c7ccccc7)ccc65)c34)nc(-c3cccc4c3oc3ccccc34)n2)=CCC1. The fraction of sp³-hybridized carbons (Fsp3) is 0.0577. The van der Waals surface area contributed by atoms with Crippen molar-refractivity contribution in [2.75, 3.05) is 0 Å². The van der Waals surface area contributed by atoms with Crippen LogP contribution in [0.5, 0.6) is 0 Å². The Bertz CT molecular complexity index is 3310. The predicted octanol–water partition coefficient (Wildman–Crippen LogP) is 13.6. The summed E-state index contributed by atoms with van der Waals surface area (Å²) in [5, 5.41) is 4.30. The summed E-state index contributed by atoms with van der Waals surface area (Å²) >= 11 is 0. The van der Waals surface area contributed by atoms with Crippen LogP contribution in [-0.2, 0) is 0 Å². The van der Waals surface area contributed by atoms with Gasteiger partial charge < -0.3 is 8.83 Å². The van der Waals surface area contributed by atoms with E-state index in [-0.39, 0.29) is 5.92 Å². The zero-order chi connectivity index (χ0) is 37.5. The summed E-state index contributed by atoms with van der Waals surface area (Å²) in [6, 6.07) is 53.5. The van der Waals surface area contributed by atoms with Crippen molar-refractivity contribution in [3.05, 3.63) is 192 Å². The van der Waals surface area contributed by atoms with E-state index in [2.05, 4.69) is 140 Å². The van der Waals surface area contributed by atoms with E-state index in [4.69, 9.17) is 23.8 Å². The van der Waals surface area contributed by atoms with Crippen LogP contribution in [0.1, 0.15) is 41.3 Å². The summed E-state index contributed by atoms with van der Waals surface area (Å²) in [7, 11) is 0. The maximum absolute atomic E-state index is 6.71. The molecule has 7 aromatic carbocycles. The van der Waals surface area contributed by atoms with Crippen LogP contribution in [0, 0.1) is 0 Å². The van der Waals surface area contributed by atoms with Crippen LogP contribution in [0.4, 0.5) is 0 Å². The third-order valence-corrected chi connectivity index (χ3v) is 11.7. The summed E-state index contributed by atoms with van der Waals surface area (Å²) in [5.41, 5.74) is 14.8. The molecule has 0 bridgehead atoms. The number of nitrogens with zero attached hydrogens (tertiary/aromatic N) is 3. The van der Waals surface area contributed by atoms with Crippen LogP contribution in [0.2, 0.25) is 0 Å². The van der Waals surface area contributed by atoms with Gasteiger partial charge in [-0.1, -0.05) is 133 Å². The molecule has 1 unspecified atom stereocenters. The lowest BCUT2D eigenvalue weighted by Gasteiger charge is -2.16. The minimum Gasteiger partial charge on any atom is -0.456 e. The van der Waals surface area contributed by atoms with E-state index in [1.807, 2.05) is 30.3 Å². The molecule has 0 spiro atoms. The highest BCUT2D eigenvalue weighted by molar-refractivity contribution is 6.10. The van der Waals surface area contributed by atoms with Crippen LogP contribution in [-0.4, -0.2) is 15.0 Å². The Hall–Kier alpha value is -7.37. The maximum atomic E-state index is 6.71. The summed E-state index contributed by atoms with van der Waals surface area (Å²) in [6.45, 7) is 0. The highest BCUT2D eigenvalue weighted by Gasteiger charge is 2.32. The molecular weight excluding hydrogens is 699 g/mol. The van der Waals surface area contributed by atoms with Gasteiger partial charge in [-0.15, -0.1) is 0 Å². The first kappa shape index (κ1) is 31.9. The minimum atomic E-state index is 0.0663. The van der Waals surface area contributed by atoms with Crippen LogP contribution in [0.15, 0.2) is 179 Å². The fourth-order valence-electron chi connectivity index (χ4n) is 9.04. The van der Waals surface area contributed by atoms with Gasteiger partial charge in [-0.05, 0) is 88.2 Å². The van der Waals surface area contributed by atoms with Gasteiger partial charge in [0.05, 0.1) is 5.56 Å². The van der Waals surface area contributed by atoms with E-state index >= 15 is 0 Å². The molecular formula is C52H33N3O2. The molecule has 3 aromatic heterocycles. The van der Waals surface area contributed by atoms with Crippen molar-refractivity contribution in [1.82, 2.24) is 15.0 Å². The number of aromatic nitrogens is 3. The monoisotopic (exact) mass is 731 g/mol. The van der Waals surface area contributed by atoms with E-state index in [1.54, 1.807) is 0 Å². The number of hydrogen-bond acceptors (Lipinski definition) is 5. The zero-order valence-corrected chi connectivity index (χ0v) is 30.8. The first-order valence-electron chi connectivity index (χ1n) is 19.5. The molecule has 5 nitrogen and oxygen atoms in total. The molecule has 268 valence electrons. The number of fused-ring (bicyclic) bond motifs is 9. The van der Waals surface area contributed by atoms with Crippen molar-refractivity contribution in [2.45, 2.75) is 18.8 Å². The Morgan fingerprint density at radius 1 is 0.439 bits per heavy atom. The number of hydrogen-bond donors (Lipinski definition) is 0. The van der Waals surface area contributed by atoms with Gasteiger partial charge in [0, 0.05) is 38.6 Å². The van der Waals surface area contributed by atoms with Gasteiger partial charge >= 0.3 is 0 Å². The number of allylic oxidation sites excluding steroid dienone is 4. The standard InChI is InChI=1S/C52H33N3O2/c1-3-13-31(14-4-1)33-25-27-38-43(29-33)35-17-7-8-19-37(35)47(38)41-21-12-24-45-48(41)40-28-26-34(30-46(40)56-45)51-53-50(32-15-5-2-6-16-32)54-52(55-51)42-22-11-20-39-36-18-9-10-23-44(36)57-49(39)42/h1,3-5,7-30,47H,2,6H2. The molecule has 0 saturated heterocycles. The number of furan rings is 2. The Labute approximate surface area is 328 Å². The van der Waals surface area contributed by atoms with E-state index in [9.17, 15) is 0 Å². The molecule has 3 heterocycles. The second-order valence-electron chi connectivity index (χ2n) is 14.9. The molecule has 2 aliphatic rings. The topological polar surface area (TPSA) is 65.0 Å². The van der Waals surface area contributed by atoms with Gasteiger partial charge in [0.2, 0.25) is 0 Å². The van der Waals surface area contributed by atoms with E-state index < -0.39 is 0 Å². The molecule has 10 aromatic rings. The average molecular weight is 732 g/mol.